The summed E-state index contributed by atoms with van der Waals surface area (Å²) < 4.78 is 27.4. The highest BCUT2D eigenvalue weighted by atomic mass is 35.5. The second-order valence-electron chi connectivity index (χ2n) is 6.60. The van der Waals surface area contributed by atoms with Gasteiger partial charge < -0.3 is 0 Å². The van der Waals surface area contributed by atoms with E-state index in [-0.39, 0.29) is 32.4 Å². The van der Waals surface area contributed by atoms with Crippen molar-refractivity contribution in [3.63, 3.8) is 0 Å². The molecule has 28 heavy (non-hydrogen) atoms. The summed E-state index contributed by atoms with van der Waals surface area (Å²) in [7, 11) is -3.71. The minimum atomic E-state index is -3.71. The molecule has 1 aliphatic rings. The minimum Gasteiger partial charge on any atom is -0.299 e. The molecule has 2 aromatic carbocycles. The Morgan fingerprint density at radius 1 is 0.964 bits per heavy atom. The van der Waals surface area contributed by atoms with E-state index in [0.717, 1.165) is 38.9 Å². The average molecular weight is 484 g/mol. The molecule has 0 radical (unpaired) electrons. The lowest BCUT2D eigenvalue weighted by Crippen LogP contribution is -2.32. The molecule has 1 heterocycles. The molecule has 4 nitrogen and oxygen atoms in total. The molecule has 0 amide bonds. The summed E-state index contributed by atoms with van der Waals surface area (Å²) in [5.74, 6) is 0. The number of sulfonamides is 1. The van der Waals surface area contributed by atoms with Gasteiger partial charge in [-0.1, -0.05) is 59.1 Å². The molecule has 154 valence electrons. The largest absolute Gasteiger partial charge is 0.299 e. The van der Waals surface area contributed by atoms with Crippen LogP contribution < -0.4 is 4.72 Å². The maximum atomic E-state index is 12.4. The molecule has 1 aliphatic heterocycles. The fourth-order valence-electron chi connectivity index (χ4n) is 3.20. The van der Waals surface area contributed by atoms with Crippen molar-refractivity contribution >= 4 is 57.2 Å². The van der Waals surface area contributed by atoms with E-state index in [1.165, 1.54) is 23.3 Å². The summed E-state index contributed by atoms with van der Waals surface area (Å²) in [5.41, 5.74) is 2.82. The van der Waals surface area contributed by atoms with E-state index in [1.807, 2.05) is 0 Å². The monoisotopic (exact) mass is 482 g/mol. The zero-order valence-electron chi connectivity index (χ0n) is 15.1. The van der Waals surface area contributed by atoms with Crippen molar-refractivity contribution in [2.45, 2.75) is 30.7 Å². The summed E-state index contributed by atoms with van der Waals surface area (Å²) in [4.78, 5) is 2.36. The van der Waals surface area contributed by atoms with Gasteiger partial charge in [0.05, 0.1) is 15.1 Å². The third-order valence-corrected chi connectivity index (χ3v) is 7.32. The Balaban J connectivity index is 0.00000280. The SMILES string of the molecule is Cl.O=S(=O)(NCCCCN1CCc2ccccc2C1)c1cc(Cl)c(Cl)cc1Cl. The number of hydrogen-bond acceptors (Lipinski definition) is 3. The molecule has 0 unspecified atom stereocenters. The highest BCUT2D eigenvalue weighted by molar-refractivity contribution is 7.89. The number of nitrogens with one attached hydrogen (secondary N) is 1. The van der Waals surface area contributed by atoms with Crippen molar-refractivity contribution in [2.75, 3.05) is 19.6 Å². The van der Waals surface area contributed by atoms with Gasteiger partial charge in [0.15, 0.2) is 0 Å². The van der Waals surface area contributed by atoms with Crippen LogP contribution in [-0.2, 0) is 23.0 Å². The first kappa shape index (κ1) is 23.7. The summed E-state index contributed by atoms with van der Waals surface area (Å²) >= 11 is 17.8. The van der Waals surface area contributed by atoms with E-state index >= 15 is 0 Å². The van der Waals surface area contributed by atoms with Crippen LogP contribution in [0, 0.1) is 0 Å². The van der Waals surface area contributed by atoms with Crippen LogP contribution in [0.15, 0.2) is 41.3 Å². The zero-order valence-corrected chi connectivity index (χ0v) is 19.0. The molecule has 0 spiro atoms. The van der Waals surface area contributed by atoms with Crippen LogP contribution in [0.1, 0.15) is 24.0 Å². The fourth-order valence-corrected chi connectivity index (χ4v) is 5.27. The molecular formula is C19H22Cl4N2O2S. The van der Waals surface area contributed by atoms with Crippen molar-refractivity contribution < 1.29 is 8.42 Å². The molecule has 0 aromatic heterocycles. The predicted octanol–water partition coefficient (Wildman–Crippen LogP) is 5.19. The lowest BCUT2D eigenvalue weighted by molar-refractivity contribution is 0.249. The Hall–Kier alpha value is -0.530. The van der Waals surface area contributed by atoms with Crippen LogP contribution in [0.25, 0.3) is 0 Å². The van der Waals surface area contributed by atoms with Gasteiger partial charge in [-0.15, -0.1) is 12.4 Å². The Kier molecular flexibility index (Phi) is 8.89. The first-order valence-electron chi connectivity index (χ1n) is 8.80. The van der Waals surface area contributed by atoms with Crippen molar-refractivity contribution in [3.05, 3.63) is 62.6 Å². The van der Waals surface area contributed by atoms with Crippen molar-refractivity contribution in [3.8, 4) is 0 Å². The number of hydrogen-bond donors (Lipinski definition) is 1. The molecule has 1 N–H and O–H groups in total. The third kappa shape index (κ3) is 5.99. The number of rotatable bonds is 7. The van der Waals surface area contributed by atoms with E-state index in [2.05, 4.69) is 33.9 Å². The molecule has 0 bridgehead atoms. The Labute approximate surface area is 187 Å². The van der Waals surface area contributed by atoms with E-state index in [1.54, 1.807) is 0 Å². The van der Waals surface area contributed by atoms with E-state index in [0.29, 0.717) is 6.54 Å². The van der Waals surface area contributed by atoms with Crippen molar-refractivity contribution in [1.82, 2.24) is 9.62 Å². The van der Waals surface area contributed by atoms with Gasteiger partial charge in [-0.3, -0.25) is 4.90 Å². The molecule has 0 aliphatic carbocycles. The normalized spacial score (nSPS) is 14.4. The van der Waals surface area contributed by atoms with Gasteiger partial charge in [0.25, 0.3) is 0 Å². The number of fused-ring (bicyclic) bond motifs is 1. The standard InChI is InChI=1S/C19H21Cl3N2O2S.ClH/c20-16-11-18(22)19(12-17(16)21)27(25,26)23-8-3-4-9-24-10-7-14-5-1-2-6-15(14)13-24;/h1-2,5-6,11-12,23H,3-4,7-10,13H2;1H. The molecule has 0 atom stereocenters. The molecule has 3 rings (SSSR count). The number of halogens is 4. The zero-order chi connectivity index (χ0) is 19.4. The fraction of sp³-hybridized carbons (Fsp3) is 0.368. The first-order chi connectivity index (χ1) is 12.9. The van der Waals surface area contributed by atoms with Gasteiger partial charge in [-0.25, -0.2) is 13.1 Å². The Bertz CT molecular complexity index is 922. The van der Waals surface area contributed by atoms with Crippen LogP contribution >= 0.6 is 47.2 Å². The van der Waals surface area contributed by atoms with Gasteiger partial charge in [-0.2, -0.15) is 0 Å². The third-order valence-electron chi connectivity index (χ3n) is 4.67. The van der Waals surface area contributed by atoms with E-state index < -0.39 is 10.0 Å². The number of benzene rings is 2. The first-order valence-corrected chi connectivity index (χ1v) is 11.4. The van der Waals surface area contributed by atoms with Crippen molar-refractivity contribution in [2.24, 2.45) is 0 Å². The second-order valence-corrected chi connectivity index (χ2v) is 9.55. The number of unbranched alkanes of at least 4 members (excludes halogenated alkanes) is 1. The van der Waals surface area contributed by atoms with Gasteiger partial charge in [0.2, 0.25) is 10.0 Å². The molecule has 0 fully saturated rings. The average Bonchev–Trinajstić information content (AvgIpc) is 2.64. The number of nitrogens with zero attached hydrogens (tertiary/aromatic N) is 1. The molecule has 2 aromatic rings. The lowest BCUT2D eigenvalue weighted by Gasteiger charge is -2.28. The second kappa shape index (κ2) is 10.5. The Morgan fingerprint density at radius 2 is 1.64 bits per heavy atom. The van der Waals surface area contributed by atoms with Gasteiger partial charge in [0, 0.05) is 19.6 Å². The smallest absolute Gasteiger partial charge is 0.242 e. The highest BCUT2D eigenvalue weighted by Crippen LogP contribution is 2.31. The van der Waals surface area contributed by atoms with Gasteiger partial charge in [0.1, 0.15) is 4.90 Å². The predicted molar refractivity (Wildman–Crippen MR) is 119 cm³/mol. The highest BCUT2D eigenvalue weighted by Gasteiger charge is 2.20. The summed E-state index contributed by atoms with van der Waals surface area (Å²) in [6.07, 6.45) is 2.73. The quantitative estimate of drug-likeness (QED) is 0.435. The minimum absolute atomic E-state index is 0. The molecule has 0 saturated heterocycles. The van der Waals surface area contributed by atoms with Crippen molar-refractivity contribution in [1.29, 1.82) is 0 Å². The summed E-state index contributed by atoms with van der Waals surface area (Å²) in [5, 5.41) is 0.444. The molecular weight excluding hydrogens is 462 g/mol. The van der Waals surface area contributed by atoms with E-state index in [4.69, 9.17) is 34.8 Å². The molecule has 9 heteroatoms. The molecule has 0 saturated carbocycles. The summed E-state index contributed by atoms with van der Waals surface area (Å²) in [6.45, 7) is 3.30. The van der Waals surface area contributed by atoms with Crippen LogP contribution in [-0.4, -0.2) is 33.0 Å². The maximum absolute atomic E-state index is 12.4. The van der Waals surface area contributed by atoms with Crippen LogP contribution in [0.5, 0.6) is 0 Å². The Morgan fingerprint density at radius 3 is 2.39 bits per heavy atom. The van der Waals surface area contributed by atoms with Gasteiger partial charge in [-0.05, 0) is 49.1 Å². The lowest BCUT2D eigenvalue weighted by atomic mass is 10.00. The van der Waals surface area contributed by atoms with Gasteiger partial charge >= 0.3 is 0 Å². The van der Waals surface area contributed by atoms with Crippen LogP contribution in [0.2, 0.25) is 15.1 Å². The van der Waals surface area contributed by atoms with Crippen LogP contribution in [0.3, 0.4) is 0 Å². The maximum Gasteiger partial charge on any atom is 0.242 e. The topological polar surface area (TPSA) is 49.4 Å². The summed E-state index contributed by atoms with van der Waals surface area (Å²) in [6, 6.07) is 11.1. The van der Waals surface area contributed by atoms with E-state index in [9.17, 15) is 8.42 Å². The van der Waals surface area contributed by atoms with Crippen LogP contribution in [0.4, 0.5) is 0 Å².